The lowest BCUT2D eigenvalue weighted by Crippen LogP contribution is -2.37. The lowest BCUT2D eigenvalue weighted by molar-refractivity contribution is -0.119. The number of aromatic nitrogens is 4. The van der Waals surface area contributed by atoms with E-state index in [-0.39, 0.29) is 5.91 Å². The molecule has 1 aromatic carbocycles. The maximum Gasteiger partial charge on any atom is 0.247 e. The van der Waals surface area contributed by atoms with Gasteiger partial charge in [0.25, 0.3) is 0 Å². The van der Waals surface area contributed by atoms with Crippen molar-refractivity contribution < 1.29 is 4.79 Å². The summed E-state index contributed by atoms with van der Waals surface area (Å²) in [5.74, 6) is 2.25. The number of anilines is 4. The molecule has 2 aromatic heterocycles. The Bertz CT molecular complexity index is 1210. The molecule has 1 aliphatic carbocycles. The number of carbonyl (C=O) groups is 1. The first kappa shape index (κ1) is 20.4. The van der Waals surface area contributed by atoms with Gasteiger partial charge in [-0.1, -0.05) is 25.3 Å². The van der Waals surface area contributed by atoms with Crippen LogP contribution in [0.2, 0.25) is 0 Å². The van der Waals surface area contributed by atoms with Crippen LogP contribution in [0.15, 0.2) is 30.6 Å². The average Bonchev–Trinajstić information content (AvgIpc) is 3.51. The van der Waals surface area contributed by atoms with Crippen molar-refractivity contribution >= 4 is 34.7 Å². The minimum Gasteiger partial charge on any atom is -0.350 e. The summed E-state index contributed by atoms with van der Waals surface area (Å²) in [6.07, 6.45) is 12.9. The molecule has 0 spiro atoms. The second-order valence-electron chi connectivity index (χ2n) is 10.2. The standard InChI is InChI=1S/C25H31N7O/c1-25(2)18-11-10-17(15-19(18)28-23(25)33)27-24-29-22-21(26-12-14-32(22)30-24)31-13-6-9-20(31)16-7-4-3-5-8-16/h10-12,14-16,20H,3-9,13H2,1-2H3,(H,27,30)(H,28,33). The van der Waals surface area contributed by atoms with Gasteiger partial charge in [0.2, 0.25) is 11.9 Å². The van der Waals surface area contributed by atoms with E-state index >= 15 is 0 Å². The maximum atomic E-state index is 12.3. The molecule has 8 nitrogen and oxygen atoms in total. The number of benzene rings is 1. The van der Waals surface area contributed by atoms with E-state index in [2.05, 4.69) is 20.6 Å². The Labute approximate surface area is 193 Å². The molecule has 2 N–H and O–H groups in total. The summed E-state index contributed by atoms with van der Waals surface area (Å²) in [5.41, 5.74) is 2.97. The Morgan fingerprint density at radius 2 is 1.97 bits per heavy atom. The van der Waals surface area contributed by atoms with Crippen LogP contribution in [-0.2, 0) is 10.2 Å². The van der Waals surface area contributed by atoms with Crippen LogP contribution in [-0.4, -0.2) is 38.1 Å². The van der Waals surface area contributed by atoms with Gasteiger partial charge in [0.1, 0.15) is 0 Å². The molecule has 2 fully saturated rings. The average molecular weight is 446 g/mol. The predicted molar refractivity (Wildman–Crippen MR) is 129 cm³/mol. The number of fused-ring (bicyclic) bond motifs is 2. The molecule has 6 rings (SSSR count). The third-order valence-corrected chi connectivity index (χ3v) is 7.77. The smallest absolute Gasteiger partial charge is 0.247 e. The van der Waals surface area contributed by atoms with Crippen LogP contribution in [0.25, 0.3) is 5.65 Å². The molecule has 2 aliphatic heterocycles. The molecule has 8 heteroatoms. The first-order valence-corrected chi connectivity index (χ1v) is 12.2. The maximum absolute atomic E-state index is 12.3. The first-order valence-electron chi connectivity index (χ1n) is 12.2. The number of amides is 1. The third kappa shape index (κ3) is 3.43. The van der Waals surface area contributed by atoms with Gasteiger partial charge in [0.15, 0.2) is 11.5 Å². The molecular formula is C25H31N7O. The van der Waals surface area contributed by atoms with Crippen molar-refractivity contribution in [2.75, 3.05) is 22.1 Å². The summed E-state index contributed by atoms with van der Waals surface area (Å²) in [7, 11) is 0. The normalized spacial score (nSPS) is 22.5. The van der Waals surface area contributed by atoms with Gasteiger partial charge in [-0.15, -0.1) is 5.10 Å². The van der Waals surface area contributed by atoms with Gasteiger partial charge in [0.05, 0.1) is 5.41 Å². The van der Waals surface area contributed by atoms with Crippen LogP contribution in [0.1, 0.15) is 64.4 Å². The van der Waals surface area contributed by atoms with E-state index in [1.165, 1.54) is 44.9 Å². The minimum atomic E-state index is -0.514. The fraction of sp³-hybridized carbons (Fsp3) is 0.520. The van der Waals surface area contributed by atoms with E-state index in [1.54, 1.807) is 0 Å². The number of carbonyl (C=O) groups excluding carboxylic acids is 1. The van der Waals surface area contributed by atoms with Crippen molar-refractivity contribution in [1.82, 2.24) is 19.6 Å². The Hall–Kier alpha value is -3.16. The van der Waals surface area contributed by atoms with Crippen molar-refractivity contribution in [3.8, 4) is 0 Å². The second kappa shape index (κ2) is 7.71. The topological polar surface area (TPSA) is 87.5 Å². The quantitative estimate of drug-likeness (QED) is 0.608. The summed E-state index contributed by atoms with van der Waals surface area (Å²) in [6, 6.07) is 6.48. The SMILES string of the molecule is CC1(C)C(=O)Nc2cc(Nc3nc4c(N5CCCC5C5CCCCC5)nccn4n3)ccc21. The summed E-state index contributed by atoms with van der Waals surface area (Å²) < 4.78 is 1.82. The molecule has 3 aromatic rings. The van der Waals surface area contributed by atoms with E-state index in [1.807, 2.05) is 49.0 Å². The highest BCUT2D eigenvalue weighted by Gasteiger charge is 2.38. The largest absolute Gasteiger partial charge is 0.350 e. The van der Waals surface area contributed by atoms with Crippen molar-refractivity contribution in [3.63, 3.8) is 0 Å². The van der Waals surface area contributed by atoms with Crippen LogP contribution in [0.4, 0.5) is 23.1 Å². The first-order chi connectivity index (χ1) is 16.0. The number of nitrogens with zero attached hydrogens (tertiary/aromatic N) is 5. The van der Waals surface area contributed by atoms with E-state index in [0.717, 1.165) is 40.9 Å². The molecule has 0 bridgehead atoms. The number of hydrogen-bond donors (Lipinski definition) is 2. The highest BCUT2D eigenvalue weighted by molar-refractivity contribution is 6.06. The fourth-order valence-corrected chi connectivity index (χ4v) is 5.93. The van der Waals surface area contributed by atoms with Crippen molar-refractivity contribution in [2.24, 2.45) is 5.92 Å². The predicted octanol–water partition coefficient (Wildman–Crippen LogP) is 4.65. The summed E-state index contributed by atoms with van der Waals surface area (Å²) in [6.45, 7) is 4.92. The van der Waals surface area contributed by atoms with Gasteiger partial charge in [-0.25, -0.2) is 9.50 Å². The number of hydrogen-bond acceptors (Lipinski definition) is 6. The van der Waals surface area contributed by atoms with E-state index in [9.17, 15) is 4.79 Å². The Morgan fingerprint density at radius 3 is 2.82 bits per heavy atom. The lowest BCUT2D eigenvalue weighted by atomic mass is 9.83. The molecule has 1 amide bonds. The fourth-order valence-electron chi connectivity index (χ4n) is 5.93. The Kier molecular flexibility index (Phi) is 4.78. The highest BCUT2D eigenvalue weighted by Crippen LogP contribution is 2.39. The molecule has 1 saturated heterocycles. The molecule has 1 atom stereocenters. The van der Waals surface area contributed by atoms with Gasteiger partial charge in [-0.05, 0) is 63.1 Å². The zero-order chi connectivity index (χ0) is 22.6. The summed E-state index contributed by atoms with van der Waals surface area (Å²) >= 11 is 0. The van der Waals surface area contributed by atoms with Crippen molar-refractivity contribution in [1.29, 1.82) is 0 Å². The highest BCUT2D eigenvalue weighted by atomic mass is 16.2. The molecule has 4 heterocycles. The Morgan fingerprint density at radius 1 is 1.12 bits per heavy atom. The van der Waals surface area contributed by atoms with Crippen molar-refractivity contribution in [3.05, 3.63) is 36.2 Å². The molecule has 1 unspecified atom stereocenters. The van der Waals surface area contributed by atoms with E-state index in [4.69, 9.17) is 9.97 Å². The summed E-state index contributed by atoms with van der Waals surface area (Å²) in [5, 5.41) is 11.0. The van der Waals surface area contributed by atoms with Crippen LogP contribution in [0.3, 0.4) is 0 Å². The van der Waals surface area contributed by atoms with Gasteiger partial charge >= 0.3 is 0 Å². The monoisotopic (exact) mass is 445 g/mol. The summed E-state index contributed by atoms with van der Waals surface area (Å²) in [4.78, 5) is 24.3. The van der Waals surface area contributed by atoms with Crippen LogP contribution in [0, 0.1) is 5.92 Å². The second-order valence-corrected chi connectivity index (χ2v) is 10.2. The van der Waals surface area contributed by atoms with Crippen molar-refractivity contribution in [2.45, 2.75) is 70.3 Å². The third-order valence-electron chi connectivity index (χ3n) is 7.77. The van der Waals surface area contributed by atoms with Gasteiger partial charge < -0.3 is 15.5 Å². The van der Waals surface area contributed by atoms with Gasteiger partial charge in [-0.2, -0.15) is 4.98 Å². The molecular weight excluding hydrogens is 414 g/mol. The zero-order valence-corrected chi connectivity index (χ0v) is 19.3. The number of rotatable bonds is 4. The Balaban J connectivity index is 1.28. The molecule has 1 saturated carbocycles. The zero-order valence-electron chi connectivity index (χ0n) is 19.3. The molecule has 0 radical (unpaired) electrons. The van der Waals surface area contributed by atoms with Crippen LogP contribution < -0.4 is 15.5 Å². The molecule has 3 aliphatic rings. The minimum absolute atomic E-state index is 0.0226. The van der Waals surface area contributed by atoms with Crippen LogP contribution >= 0.6 is 0 Å². The van der Waals surface area contributed by atoms with Crippen LogP contribution in [0.5, 0.6) is 0 Å². The number of nitrogens with one attached hydrogen (secondary N) is 2. The lowest BCUT2D eigenvalue weighted by Gasteiger charge is -2.34. The molecule has 172 valence electrons. The van der Waals surface area contributed by atoms with Gasteiger partial charge in [-0.3, -0.25) is 4.79 Å². The molecule has 33 heavy (non-hydrogen) atoms. The van der Waals surface area contributed by atoms with Gasteiger partial charge in [0, 0.05) is 36.4 Å². The van der Waals surface area contributed by atoms with E-state index < -0.39 is 5.41 Å². The van der Waals surface area contributed by atoms with E-state index in [0.29, 0.717) is 12.0 Å².